The summed E-state index contributed by atoms with van der Waals surface area (Å²) >= 11 is 7.36. The lowest BCUT2D eigenvalue weighted by Crippen LogP contribution is -2.17. The fourth-order valence-corrected chi connectivity index (χ4v) is 2.25. The molecular weight excluding hydrogens is 286 g/mol. The first kappa shape index (κ1) is 14.0. The van der Waals surface area contributed by atoms with Crippen molar-refractivity contribution >= 4 is 34.8 Å². The molecule has 19 heavy (non-hydrogen) atoms. The molecule has 0 bridgehead atoms. The number of nitrogens with one attached hydrogen (secondary N) is 1. The number of aromatic nitrogens is 3. The predicted molar refractivity (Wildman–Crippen MR) is 76.9 cm³/mol. The SMILES string of the molecule is CN(C)c1nc(Cl)nc(NCC(O)c2ccsc2)n1. The van der Waals surface area contributed by atoms with E-state index < -0.39 is 6.10 Å². The lowest BCUT2D eigenvalue weighted by molar-refractivity contribution is 0.192. The molecule has 0 aromatic carbocycles. The maximum Gasteiger partial charge on any atom is 0.230 e. The molecule has 8 heteroatoms. The molecule has 0 aliphatic heterocycles. The molecule has 102 valence electrons. The Hall–Kier alpha value is -1.44. The first-order valence-corrected chi connectivity index (χ1v) is 6.91. The number of hydrogen-bond acceptors (Lipinski definition) is 7. The van der Waals surface area contributed by atoms with Crippen LogP contribution >= 0.6 is 22.9 Å². The van der Waals surface area contributed by atoms with Gasteiger partial charge in [-0.15, -0.1) is 0 Å². The molecule has 0 aliphatic rings. The molecule has 2 N–H and O–H groups in total. The van der Waals surface area contributed by atoms with Crippen LogP contribution in [0.4, 0.5) is 11.9 Å². The Morgan fingerprint density at radius 3 is 2.84 bits per heavy atom. The summed E-state index contributed by atoms with van der Waals surface area (Å²) in [5.74, 6) is 0.811. The van der Waals surface area contributed by atoms with E-state index in [-0.39, 0.29) is 5.28 Å². The minimum Gasteiger partial charge on any atom is -0.387 e. The van der Waals surface area contributed by atoms with Gasteiger partial charge in [-0.25, -0.2) is 0 Å². The van der Waals surface area contributed by atoms with Crippen molar-refractivity contribution in [2.75, 3.05) is 30.9 Å². The van der Waals surface area contributed by atoms with Gasteiger partial charge in [-0.3, -0.25) is 0 Å². The highest BCUT2D eigenvalue weighted by Gasteiger charge is 2.10. The second kappa shape index (κ2) is 6.14. The van der Waals surface area contributed by atoms with Crippen LogP contribution in [-0.4, -0.2) is 40.7 Å². The summed E-state index contributed by atoms with van der Waals surface area (Å²) in [4.78, 5) is 13.9. The van der Waals surface area contributed by atoms with Gasteiger partial charge in [-0.2, -0.15) is 26.3 Å². The highest BCUT2D eigenvalue weighted by Crippen LogP contribution is 2.17. The highest BCUT2D eigenvalue weighted by atomic mass is 35.5. The largest absolute Gasteiger partial charge is 0.387 e. The Labute approximate surface area is 120 Å². The van der Waals surface area contributed by atoms with Gasteiger partial charge >= 0.3 is 0 Å². The molecule has 2 aromatic rings. The molecule has 2 aromatic heterocycles. The van der Waals surface area contributed by atoms with Crippen molar-refractivity contribution in [3.05, 3.63) is 27.7 Å². The van der Waals surface area contributed by atoms with Crippen LogP contribution in [0, 0.1) is 0 Å². The van der Waals surface area contributed by atoms with E-state index in [9.17, 15) is 5.11 Å². The van der Waals surface area contributed by atoms with Crippen LogP contribution in [0.5, 0.6) is 0 Å². The van der Waals surface area contributed by atoms with Crippen LogP contribution in [0.25, 0.3) is 0 Å². The van der Waals surface area contributed by atoms with Crippen LogP contribution in [0.1, 0.15) is 11.7 Å². The molecule has 0 saturated heterocycles. The van der Waals surface area contributed by atoms with Crippen LogP contribution in [0.15, 0.2) is 16.8 Å². The number of aliphatic hydroxyl groups excluding tert-OH is 1. The molecule has 0 saturated carbocycles. The third kappa shape index (κ3) is 3.76. The second-order valence-corrected chi connectivity index (χ2v) is 5.19. The second-order valence-electron chi connectivity index (χ2n) is 4.08. The molecule has 0 amide bonds. The molecule has 6 nitrogen and oxygen atoms in total. The molecule has 0 aliphatic carbocycles. The van der Waals surface area contributed by atoms with Crippen molar-refractivity contribution in [2.45, 2.75) is 6.10 Å². The van der Waals surface area contributed by atoms with E-state index in [1.54, 1.807) is 16.2 Å². The molecule has 2 heterocycles. The van der Waals surface area contributed by atoms with Crippen molar-refractivity contribution in [3.63, 3.8) is 0 Å². The Morgan fingerprint density at radius 2 is 2.21 bits per heavy atom. The van der Waals surface area contributed by atoms with Gasteiger partial charge in [0, 0.05) is 20.6 Å². The number of anilines is 2. The number of nitrogens with zero attached hydrogens (tertiary/aromatic N) is 4. The van der Waals surface area contributed by atoms with Gasteiger partial charge in [0.1, 0.15) is 0 Å². The van der Waals surface area contributed by atoms with Crippen molar-refractivity contribution in [1.82, 2.24) is 15.0 Å². The summed E-state index contributed by atoms with van der Waals surface area (Å²) in [6.07, 6.45) is -0.607. The lowest BCUT2D eigenvalue weighted by Gasteiger charge is -2.13. The number of aliphatic hydroxyl groups is 1. The van der Waals surface area contributed by atoms with E-state index in [2.05, 4.69) is 20.3 Å². The minimum absolute atomic E-state index is 0.117. The van der Waals surface area contributed by atoms with Gasteiger partial charge in [0.25, 0.3) is 0 Å². The highest BCUT2D eigenvalue weighted by molar-refractivity contribution is 7.07. The number of thiophene rings is 1. The topological polar surface area (TPSA) is 74.2 Å². The molecule has 1 atom stereocenters. The standard InChI is InChI=1S/C11H14ClN5OS/c1-17(2)11-15-9(12)14-10(16-11)13-5-8(18)7-3-4-19-6-7/h3-4,6,8,18H,5H2,1-2H3,(H,13,14,15,16). The van der Waals surface area contributed by atoms with Gasteiger partial charge in [-0.05, 0) is 34.0 Å². The maximum absolute atomic E-state index is 9.95. The third-order valence-corrected chi connectivity index (χ3v) is 3.25. The average molecular weight is 300 g/mol. The van der Waals surface area contributed by atoms with Crippen LogP contribution in [-0.2, 0) is 0 Å². The van der Waals surface area contributed by atoms with Gasteiger partial charge in [0.2, 0.25) is 17.2 Å². The Morgan fingerprint density at radius 1 is 1.42 bits per heavy atom. The third-order valence-electron chi connectivity index (χ3n) is 2.38. The zero-order valence-electron chi connectivity index (χ0n) is 10.5. The Bertz CT molecular complexity index is 534. The fraction of sp³-hybridized carbons (Fsp3) is 0.364. The van der Waals surface area contributed by atoms with Crippen LogP contribution in [0.2, 0.25) is 5.28 Å². The normalized spacial score (nSPS) is 12.2. The van der Waals surface area contributed by atoms with E-state index in [1.165, 1.54) is 0 Å². The molecule has 0 fully saturated rings. The lowest BCUT2D eigenvalue weighted by atomic mass is 10.2. The maximum atomic E-state index is 9.95. The first-order valence-electron chi connectivity index (χ1n) is 5.59. The zero-order valence-corrected chi connectivity index (χ0v) is 12.1. The first-order chi connectivity index (χ1) is 9.06. The van der Waals surface area contributed by atoms with Crippen molar-refractivity contribution in [1.29, 1.82) is 0 Å². The summed E-state index contributed by atoms with van der Waals surface area (Å²) in [6, 6.07) is 1.88. The summed E-state index contributed by atoms with van der Waals surface area (Å²) in [7, 11) is 3.63. The predicted octanol–water partition coefficient (Wildman–Crippen LogP) is 1.80. The van der Waals surface area contributed by atoms with E-state index in [4.69, 9.17) is 11.6 Å². The number of hydrogen-bond donors (Lipinski definition) is 2. The monoisotopic (exact) mass is 299 g/mol. The minimum atomic E-state index is -0.607. The number of rotatable bonds is 5. The average Bonchev–Trinajstić information content (AvgIpc) is 2.89. The fourth-order valence-electron chi connectivity index (χ4n) is 1.39. The molecule has 2 rings (SSSR count). The van der Waals surface area contributed by atoms with Crippen molar-refractivity contribution < 1.29 is 5.11 Å². The van der Waals surface area contributed by atoms with Crippen molar-refractivity contribution in [3.8, 4) is 0 Å². The smallest absolute Gasteiger partial charge is 0.230 e. The molecule has 1 unspecified atom stereocenters. The Kier molecular flexibility index (Phi) is 4.52. The summed E-state index contributed by atoms with van der Waals surface area (Å²) in [6.45, 7) is 0.309. The molecular formula is C11H14ClN5OS. The number of halogens is 1. The molecule has 0 spiro atoms. The quantitative estimate of drug-likeness (QED) is 0.877. The van der Waals surface area contributed by atoms with E-state index in [0.717, 1.165) is 5.56 Å². The van der Waals surface area contributed by atoms with Gasteiger partial charge in [-0.1, -0.05) is 0 Å². The molecule has 0 radical (unpaired) electrons. The van der Waals surface area contributed by atoms with E-state index >= 15 is 0 Å². The summed E-state index contributed by atoms with van der Waals surface area (Å²) in [5.41, 5.74) is 0.866. The summed E-state index contributed by atoms with van der Waals surface area (Å²) in [5, 5.41) is 16.8. The van der Waals surface area contributed by atoms with Crippen molar-refractivity contribution in [2.24, 2.45) is 0 Å². The van der Waals surface area contributed by atoms with Gasteiger partial charge < -0.3 is 15.3 Å². The van der Waals surface area contributed by atoms with E-state index in [1.807, 2.05) is 30.9 Å². The van der Waals surface area contributed by atoms with Gasteiger partial charge in [0.05, 0.1) is 6.10 Å². The van der Waals surface area contributed by atoms with Gasteiger partial charge in [0.15, 0.2) is 0 Å². The Balaban J connectivity index is 2.03. The van der Waals surface area contributed by atoms with E-state index in [0.29, 0.717) is 18.4 Å². The van der Waals surface area contributed by atoms with Crippen LogP contribution < -0.4 is 10.2 Å². The zero-order chi connectivity index (χ0) is 13.8. The van der Waals surface area contributed by atoms with Crippen LogP contribution in [0.3, 0.4) is 0 Å². The summed E-state index contributed by atoms with van der Waals surface area (Å²) < 4.78 is 0.